The van der Waals surface area contributed by atoms with Crippen molar-refractivity contribution in [1.29, 1.82) is 0 Å². The van der Waals surface area contributed by atoms with Crippen LogP contribution in [0.4, 0.5) is 4.79 Å². The lowest BCUT2D eigenvalue weighted by Gasteiger charge is -2.33. The number of aliphatic hydroxyl groups is 1. The molecule has 1 fully saturated rings. The molecule has 0 aliphatic carbocycles. The Hall–Kier alpha value is -2.73. The van der Waals surface area contributed by atoms with Crippen LogP contribution in [0.25, 0.3) is 0 Å². The van der Waals surface area contributed by atoms with Crippen molar-refractivity contribution < 1.29 is 24.5 Å². The molecule has 1 aliphatic heterocycles. The molecule has 0 aromatic heterocycles. The molecule has 144 valence electrons. The van der Waals surface area contributed by atoms with E-state index in [1.807, 2.05) is 55.5 Å². The van der Waals surface area contributed by atoms with Gasteiger partial charge in [-0.1, -0.05) is 31.2 Å². The summed E-state index contributed by atoms with van der Waals surface area (Å²) in [7, 11) is 1.58. The molecule has 3 rings (SSSR count). The van der Waals surface area contributed by atoms with Gasteiger partial charge >= 0.3 is 6.09 Å². The molecule has 3 atom stereocenters. The van der Waals surface area contributed by atoms with E-state index in [9.17, 15) is 15.0 Å². The molecule has 0 saturated carbocycles. The largest absolute Gasteiger partial charge is 0.493 e. The molecule has 27 heavy (non-hydrogen) atoms. The standard InChI is InChI=1S/C21H25NO5/c1-14(23)21(2)13-22(20(24)25)12-17(21)15-9-10-18(26-3)19(11-15)27-16-7-5-4-6-8-16/h4-11,14,17,23H,12-13H2,1-3H3,(H,24,25)/t14-,17+,21+/m1/s1. The lowest BCUT2D eigenvalue weighted by atomic mass is 9.72. The summed E-state index contributed by atoms with van der Waals surface area (Å²) in [4.78, 5) is 12.9. The maximum Gasteiger partial charge on any atom is 0.407 e. The van der Waals surface area contributed by atoms with Gasteiger partial charge < -0.3 is 24.6 Å². The molecular weight excluding hydrogens is 346 g/mol. The van der Waals surface area contributed by atoms with E-state index in [1.54, 1.807) is 14.0 Å². The molecule has 0 radical (unpaired) electrons. The fourth-order valence-corrected chi connectivity index (χ4v) is 3.68. The fourth-order valence-electron chi connectivity index (χ4n) is 3.68. The molecule has 6 nitrogen and oxygen atoms in total. The van der Waals surface area contributed by atoms with E-state index >= 15 is 0 Å². The van der Waals surface area contributed by atoms with Gasteiger partial charge in [-0.3, -0.25) is 0 Å². The molecule has 0 unspecified atom stereocenters. The Morgan fingerprint density at radius 2 is 1.93 bits per heavy atom. The van der Waals surface area contributed by atoms with E-state index in [-0.39, 0.29) is 12.5 Å². The van der Waals surface area contributed by atoms with Gasteiger partial charge in [0.05, 0.1) is 13.2 Å². The molecule has 1 aliphatic rings. The summed E-state index contributed by atoms with van der Waals surface area (Å²) in [5.41, 5.74) is 0.325. The first-order valence-corrected chi connectivity index (χ1v) is 8.92. The summed E-state index contributed by atoms with van der Waals surface area (Å²) in [6, 6.07) is 15.0. The third-order valence-corrected chi connectivity index (χ3v) is 5.52. The first-order chi connectivity index (χ1) is 12.8. The molecule has 2 aromatic carbocycles. The Morgan fingerprint density at radius 3 is 2.52 bits per heavy atom. The van der Waals surface area contributed by atoms with Crippen molar-refractivity contribution in [2.45, 2.75) is 25.9 Å². The van der Waals surface area contributed by atoms with Crippen molar-refractivity contribution in [1.82, 2.24) is 4.90 Å². The van der Waals surface area contributed by atoms with Gasteiger partial charge in [0.1, 0.15) is 5.75 Å². The van der Waals surface area contributed by atoms with Crippen molar-refractivity contribution in [2.24, 2.45) is 5.41 Å². The number of nitrogens with zero attached hydrogens (tertiary/aromatic N) is 1. The first kappa shape index (κ1) is 19.0. The summed E-state index contributed by atoms with van der Waals surface area (Å²) < 4.78 is 11.4. The van der Waals surface area contributed by atoms with Gasteiger partial charge in [0.25, 0.3) is 0 Å². The van der Waals surface area contributed by atoms with E-state index in [4.69, 9.17) is 9.47 Å². The number of aliphatic hydroxyl groups excluding tert-OH is 1. The Labute approximate surface area is 159 Å². The average molecular weight is 371 g/mol. The Kier molecular flexibility index (Phi) is 5.28. The molecule has 6 heteroatoms. The normalized spacial score (nSPS) is 23.1. The Morgan fingerprint density at radius 1 is 1.22 bits per heavy atom. The number of ether oxygens (including phenoxy) is 2. The minimum Gasteiger partial charge on any atom is -0.493 e. The summed E-state index contributed by atoms with van der Waals surface area (Å²) in [6.45, 7) is 4.25. The van der Waals surface area contributed by atoms with Gasteiger partial charge in [-0.15, -0.1) is 0 Å². The highest BCUT2D eigenvalue weighted by Gasteiger charge is 2.48. The molecule has 0 spiro atoms. The smallest absolute Gasteiger partial charge is 0.407 e. The second-order valence-corrected chi connectivity index (χ2v) is 7.22. The highest BCUT2D eigenvalue weighted by Crippen LogP contribution is 2.47. The van der Waals surface area contributed by atoms with Gasteiger partial charge in [0.2, 0.25) is 0 Å². The minimum absolute atomic E-state index is 0.155. The molecular formula is C21H25NO5. The third-order valence-electron chi connectivity index (χ3n) is 5.52. The Bertz CT molecular complexity index is 807. The summed E-state index contributed by atoms with van der Waals surface area (Å²) in [5, 5.41) is 19.8. The van der Waals surface area contributed by atoms with Gasteiger partial charge in [-0.05, 0) is 36.8 Å². The van der Waals surface area contributed by atoms with Crippen molar-refractivity contribution in [3.8, 4) is 17.2 Å². The molecule has 1 amide bonds. The monoisotopic (exact) mass is 371 g/mol. The van der Waals surface area contributed by atoms with Crippen LogP contribution in [0.2, 0.25) is 0 Å². The second-order valence-electron chi connectivity index (χ2n) is 7.22. The number of likely N-dealkylation sites (tertiary alicyclic amines) is 1. The van der Waals surface area contributed by atoms with Gasteiger partial charge in [-0.25, -0.2) is 4.79 Å². The molecule has 0 bridgehead atoms. The maximum atomic E-state index is 11.5. The van der Waals surface area contributed by atoms with E-state index < -0.39 is 17.6 Å². The summed E-state index contributed by atoms with van der Waals surface area (Å²) in [6.07, 6.45) is -1.63. The average Bonchev–Trinajstić information content (AvgIpc) is 3.02. The van der Waals surface area contributed by atoms with Crippen LogP contribution in [0.1, 0.15) is 25.3 Å². The highest BCUT2D eigenvalue weighted by molar-refractivity contribution is 5.66. The van der Waals surface area contributed by atoms with Crippen molar-refractivity contribution in [3.05, 3.63) is 54.1 Å². The molecule has 2 aromatic rings. The van der Waals surface area contributed by atoms with E-state index in [1.165, 1.54) is 4.90 Å². The number of rotatable bonds is 5. The number of amides is 1. The van der Waals surface area contributed by atoms with Crippen LogP contribution in [-0.4, -0.2) is 47.5 Å². The van der Waals surface area contributed by atoms with Crippen LogP contribution in [0.5, 0.6) is 17.2 Å². The predicted octanol–water partition coefficient (Wildman–Crippen LogP) is 3.95. The van der Waals surface area contributed by atoms with E-state index in [0.717, 1.165) is 5.56 Å². The maximum absolute atomic E-state index is 11.5. The summed E-state index contributed by atoms with van der Waals surface area (Å²) in [5.74, 6) is 1.68. The van der Waals surface area contributed by atoms with Crippen LogP contribution in [0.15, 0.2) is 48.5 Å². The quantitative estimate of drug-likeness (QED) is 0.832. The number of hydrogen-bond donors (Lipinski definition) is 2. The lowest BCUT2D eigenvalue weighted by Crippen LogP contribution is -2.37. The SMILES string of the molecule is COc1ccc([C@@H]2CN(C(=O)O)C[C@@]2(C)[C@@H](C)O)cc1Oc1ccccc1. The first-order valence-electron chi connectivity index (χ1n) is 8.92. The zero-order valence-corrected chi connectivity index (χ0v) is 15.8. The van der Waals surface area contributed by atoms with Crippen molar-refractivity contribution >= 4 is 6.09 Å². The molecule has 1 heterocycles. The number of benzene rings is 2. The highest BCUT2D eigenvalue weighted by atomic mass is 16.5. The third kappa shape index (κ3) is 3.71. The van der Waals surface area contributed by atoms with E-state index in [0.29, 0.717) is 23.8 Å². The topological polar surface area (TPSA) is 79.2 Å². The van der Waals surface area contributed by atoms with Crippen molar-refractivity contribution in [2.75, 3.05) is 20.2 Å². The van der Waals surface area contributed by atoms with E-state index in [2.05, 4.69) is 0 Å². The Balaban J connectivity index is 1.98. The number of methoxy groups -OCH3 is 1. The lowest BCUT2D eigenvalue weighted by molar-refractivity contribution is 0.0481. The van der Waals surface area contributed by atoms with Crippen LogP contribution in [0, 0.1) is 5.41 Å². The number of hydrogen-bond acceptors (Lipinski definition) is 4. The van der Waals surface area contributed by atoms with Crippen molar-refractivity contribution in [3.63, 3.8) is 0 Å². The minimum atomic E-state index is -0.973. The second kappa shape index (κ2) is 7.48. The van der Waals surface area contributed by atoms with Crippen LogP contribution >= 0.6 is 0 Å². The van der Waals surface area contributed by atoms with Gasteiger partial charge in [0.15, 0.2) is 11.5 Å². The predicted molar refractivity (Wildman–Crippen MR) is 102 cm³/mol. The van der Waals surface area contributed by atoms with Crippen LogP contribution in [0.3, 0.4) is 0 Å². The number of carboxylic acid groups (broad SMARTS) is 1. The number of carbonyl (C=O) groups is 1. The van der Waals surface area contributed by atoms with Gasteiger partial charge in [0, 0.05) is 24.4 Å². The zero-order chi connectivity index (χ0) is 19.6. The van der Waals surface area contributed by atoms with Crippen LogP contribution < -0.4 is 9.47 Å². The zero-order valence-electron chi connectivity index (χ0n) is 15.8. The molecule has 2 N–H and O–H groups in total. The van der Waals surface area contributed by atoms with Gasteiger partial charge in [-0.2, -0.15) is 0 Å². The fraction of sp³-hybridized carbons (Fsp3) is 0.381. The van der Waals surface area contributed by atoms with Crippen LogP contribution in [-0.2, 0) is 0 Å². The number of para-hydroxylation sites is 1. The molecule has 1 saturated heterocycles. The summed E-state index contributed by atoms with van der Waals surface area (Å²) >= 11 is 0.